The summed E-state index contributed by atoms with van der Waals surface area (Å²) in [6.45, 7) is 6.70. The number of hydrogen-bond donors (Lipinski definition) is 1. The van der Waals surface area contributed by atoms with Crippen LogP contribution < -0.4 is 20.5 Å². The Bertz CT molecular complexity index is 633. The van der Waals surface area contributed by atoms with Gasteiger partial charge in [-0.05, 0) is 13.8 Å². The van der Waals surface area contributed by atoms with Gasteiger partial charge in [-0.1, -0.05) is 6.92 Å². The van der Waals surface area contributed by atoms with Crippen LogP contribution in [0.25, 0.3) is 0 Å². The van der Waals surface area contributed by atoms with Gasteiger partial charge in [0.2, 0.25) is 5.43 Å². The number of pyridine rings is 1. The maximum atomic E-state index is 12.3. The van der Waals surface area contributed by atoms with E-state index in [1.165, 1.54) is 7.11 Å². The van der Waals surface area contributed by atoms with Gasteiger partial charge < -0.3 is 10.1 Å². The third kappa shape index (κ3) is 1.42. The number of hydrogen-bond acceptors (Lipinski definition) is 4. The number of aromatic nitrogens is 1. The lowest BCUT2D eigenvalue weighted by molar-refractivity contribution is 0.0850. The van der Waals surface area contributed by atoms with E-state index in [-0.39, 0.29) is 23.0 Å². The molecule has 0 aromatic carbocycles. The highest BCUT2D eigenvalue weighted by Crippen LogP contribution is 2.34. The molecular formula is C13H17N3O3. The molecule has 2 aliphatic heterocycles. The Labute approximate surface area is 110 Å². The molecule has 0 bridgehead atoms. The lowest BCUT2D eigenvalue weighted by Gasteiger charge is -2.43. The molecule has 19 heavy (non-hydrogen) atoms. The predicted molar refractivity (Wildman–Crippen MR) is 70.3 cm³/mol. The summed E-state index contributed by atoms with van der Waals surface area (Å²) in [7, 11) is 1.41. The van der Waals surface area contributed by atoms with E-state index in [9.17, 15) is 9.59 Å². The fourth-order valence-corrected chi connectivity index (χ4v) is 2.93. The molecule has 6 nitrogen and oxygen atoms in total. The highest BCUT2D eigenvalue weighted by molar-refractivity contribution is 5.97. The highest BCUT2D eigenvalue weighted by Gasteiger charge is 2.44. The van der Waals surface area contributed by atoms with Gasteiger partial charge in [0.25, 0.3) is 5.91 Å². The van der Waals surface area contributed by atoms with E-state index in [1.807, 2.05) is 25.4 Å². The molecule has 102 valence electrons. The number of amides is 1. The molecule has 0 fully saturated rings. The van der Waals surface area contributed by atoms with E-state index in [2.05, 4.69) is 10.3 Å². The number of carbonyl (C=O) groups excluding carboxylic acids is 1. The second-order valence-corrected chi connectivity index (χ2v) is 5.62. The third-order valence-electron chi connectivity index (χ3n) is 3.85. The zero-order valence-electron chi connectivity index (χ0n) is 11.5. The minimum atomic E-state index is -0.482. The Morgan fingerprint density at radius 1 is 1.42 bits per heavy atom. The predicted octanol–water partition coefficient (Wildman–Crippen LogP) is 0.391. The molecule has 2 aliphatic rings. The molecule has 1 aromatic heterocycles. The van der Waals surface area contributed by atoms with Gasteiger partial charge in [-0.3, -0.25) is 19.3 Å². The van der Waals surface area contributed by atoms with Gasteiger partial charge in [-0.25, -0.2) is 0 Å². The molecule has 0 radical (unpaired) electrons. The summed E-state index contributed by atoms with van der Waals surface area (Å²) in [4.78, 5) is 24.3. The van der Waals surface area contributed by atoms with Crippen LogP contribution >= 0.6 is 0 Å². The normalized spacial score (nSPS) is 23.1. The van der Waals surface area contributed by atoms with Gasteiger partial charge in [-0.2, -0.15) is 0 Å². The first-order chi connectivity index (χ1) is 8.86. The Balaban J connectivity index is 2.38. The van der Waals surface area contributed by atoms with E-state index < -0.39 is 5.66 Å². The van der Waals surface area contributed by atoms with Crippen molar-refractivity contribution in [3.05, 3.63) is 27.7 Å². The topological polar surface area (TPSA) is 63.6 Å². The van der Waals surface area contributed by atoms with Crippen molar-refractivity contribution in [3.8, 4) is 5.75 Å². The summed E-state index contributed by atoms with van der Waals surface area (Å²) in [5, 5.41) is 4.98. The molecule has 0 saturated heterocycles. The largest absolute Gasteiger partial charge is 0.491 e. The van der Waals surface area contributed by atoms with Crippen molar-refractivity contribution < 1.29 is 9.53 Å². The Morgan fingerprint density at radius 3 is 2.74 bits per heavy atom. The minimum absolute atomic E-state index is 0.107. The van der Waals surface area contributed by atoms with Crippen molar-refractivity contribution in [3.63, 3.8) is 0 Å². The second-order valence-electron chi connectivity index (χ2n) is 5.62. The van der Waals surface area contributed by atoms with Crippen LogP contribution in [0, 0.1) is 0 Å². The summed E-state index contributed by atoms with van der Waals surface area (Å²) < 4.78 is 6.96. The summed E-state index contributed by atoms with van der Waals surface area (Å²) in [5.74, 6) is 0.0336. The van der Waals surface area contributed by atoms with Crippen molar-refractivity contribution >= 4 is 5.91 Å². The van der Waals surface area contributed by atoms with Crippen LogP contribution in [0.15, 0.2) is 10.9 Å². The molecule has 6 heteroatoms. The Kier molecular flexibility index (Phi) is 2.24. The van der Waals surface area contributed by atoms with Crippen LogP contribution in [-0.2, 0) is 0 Å². The number of carbonyl (C=O) groups is 1. The number of nitrogens with zero attached hydrogens (tertiary/aromatic N) is 2. The van der Waals surface area contributed by atoms with Crippen molar-refractivity contribution in [2.75, 3.05) is 18.7 Å². The number of nitrogens with one attached hydrogen (secondary N) is 1. The summed E-state index contributed by atoms with van der Waals surface area (Å²) in [6.07, 6.45) is 0. The fraction of sp³-hybridized carbons (Fsp3) is 0.538. The Hall–Kier alpha value is -1.98. The zero-order chi connectivity index (χ0) is 13.9. The SMILES string of the molecule is COc1c2n3c(cc1=O)C(C)CN3C(C)(C)NC2=O. The lowest BCUT2D eigenvalue weighted by Crippen LogP contribution is -2.65. The molecule has 0 aliphatic carbocycles. The average molecular weight is 263 g/mol. The van der Waals surface area contributed by atoms with Crippen LogP contribution in [-0.4, -0.2) is 29.9 Å². The third-order valence-corrected chi connectivity index (χ3v) is 3.85. The van der Waals surface area contributed by atoms with Crippen molar-refractivity contribution in [2.24, 2.45) is 0 Å². The monoisotopic (exact) mass is 263 g/mol. The van der Waals surface area contributed by atoms with Crippen molar-refractivity contribution in [2.45, 2.75) is 32.4 Å². The molecule has 0 spiro atoms. The zero-order valence-corrected chi connectivity index (χ0v) is 11.5. The molecule has 1 unspecified atom stereocenters. The van der Waals surface area contributed by atoms with Gasteiger partial charge in [0, 0.05) is 24.2 Å². The van der Waals surface area contributed by atoms with E-state index in [1.54, 1.807) is 6.07 Å². The van der Waals surface area contributed by atoms with E-state index >= 15 is 0 Å². The smallest absolute Gasteiger partial charge is 0.275 e. The molecule has 3 heterocycles. The van der Waals surface area contributed by atoms with Gasteiger partial charge in [0.05, 0.1) is 7.11 Å². The van der Waals surface area contributed by atoms with Crippen molar-refractivity contribution in [1.82, 2.24) is 9.99 Å². The van der Waals surface area contributed by atoms with E-state index in [4.69, 9.17) is 4.74 Å². The molecule has 3 rings (SSSR count). The first-order valence-corrected chi connectivity index (χ1v) is 6.31. The van der Waals surface area contributed by atoms with Crippen molar-refractivity contribution in [1.29, 1.82) is 0 Å². The van der Waals surface area contributed by atoms with Gasteiger partial charge in [0.15, 0.2) is 11.4 Å². The van der Waals surface area contributed by atoms with Crippen LogP contribution in [0.1, 0.15) is 42.9 Å². The van der Waals surface area contributed by atoms with Crippen LogP contribution in [0.3, 0.4) is 0 Å². The quantitative estimate of drug-likeness (QED) is 0.796. The van der Waals surface area contributed by atoms with Crippen LogP contribution in [0.4, 0.5) is 0 Å². The summed E-state index contributed by atoms with van der Waals surface area (Å²) >= 11 is 0. The van der Waals surface area contributed by atoms with Crippen LogP contribution in [0.2, 0.25) is 0 Å². The molecule has 1 amide bonds. The second kappa shape index (κ2) is 3.53. The highest BCUT2D eigenvalue weighted by atomic mass is 16.5. The average Bonchev–Trinajstić information content (AvgIpc) is 2.64. The summed E-state index contributed by atoms with van der Waals surface area (Å²) in [6, 6.07) is 1.57. The molecule has 1 atom stereocenters. The first kappa shape index (κ1) is 12.1. The Morgan fingerprint density at radius 2 is 2.11 bits per heavy atom. The molecule has 1 N–H and O–H groups in total. The maximum absolute atomic E-state index is 12.3. The lowest BCUT2D eigenvalue weighted by atomic mass is 10.1. The van der Waals surface area contributed by atoms with E-state index in [0.717, 1.165) is 12.2 Å². The molecule has 1 aromatic rings. The first-order valence-electron chi connectivity index (χ1n) is 6.31. The van der Waals surface area contributed by atoms with Gasteiger partial charge in [-0.15, -0.1) is 0 Å². The number of rotatable bonds is 1. The van der Waals surface area contributed by atoms with Crippen LogP contribution in [0.5, 0.6) is 5.75 Å². The molecular weight excluding hydrogens is 246 g/mol. The van der Waals surface area contributed by atoms with E-state index in [0.29, 0.717) is 5.69 Å². The fourth-order valence-electron chi connectivity index (χ4n) is 2.93. The number of ether oxygens (including phenoxy) is 1. The number of methoxy groups -OCH3 is 1. The van der Waals surface area contributed by atoms with Gasteiger partial charge in [0.1, 0.15) is 5.66 Å². The summed E-state index contributed by atoms with van der Waals surface area (Å²) in [5.41, 5.74) is 0.439. The maximum Gasteiger partial charge on any atom is 0.275 e. The molecule has 0 saturated carbocycles. The minimum Gasteiger partial charge on any atom is -0.491 e. The van der Waals surface area contributed by atoms with Gasteiger partial charge >= 0.3 is 0 Å². The standard InChI is InChI=1S/C13H17N3O3/c1-7-6-15-13(2,3)14-12(18)10-11(19-4)9(17)5-8(7)16(10)15/h5,7H,6H2,1-4H3,(H,14,18).